The number of hydrogen-bond acceptors (Lipinski definition) is 9. The summed E-state index contributed by atoms with van der Waals surface area (Å²) in [6, 6.07) is -5.97. The first kappa shape index (κ1) is 29.1. The van der Waals surface area contributed by atoms with Gasteiger partial charge in [-0.25, -0.2) is 4.79 Å². The number of nitrogens with two attached hydrogens (primary N) is 2. The largest absolute Gasteiger partial charge is 0.481 e. The Balaban J connectivity index is 5.51. The molecule has 15 heteroatoms. The summed E-state index contributed by atoms with van der Waals surface area (Å²) < 4.78 is 0. The van der Waals surface area contributed by atoms with Gasteiger partial charge in [0.1, 0.15) is 24.2 Å². The predicted molar refractivity (Wildman–Crippen MR) is 112 cm³/mol. The third-order valence-corrected chi connectivity index (χ3v) is 4.74. The second-order valence-electron chi connectivity index (χ2n) is 6.84. The molecule has 0 saturated carbocycles. The number of thioether (sulfide) groups is 1. The average Bonchev–Trinajstić information content (AvgIpc) is 2.68. The molecule has 182 valence electrons. The van der Waals surface area contributed by atoms with Crippen molar-refractivity contribution in [1.82, 2.24) is 16.0 Å². The SMILES string of the molecule is CSCCC(NC(=O)C(N)C(C)O)C(=O)NC(CC(N)=O)C(=O)NC(CC(=O)O)C(=O)O. The molecule has 0 radical (unpaired) electrons. The molecule has 32 heavy (non-hydrogen) atoms. The molecule has 0 aliphatic carbocycles. The normalized spacial score (nSPS) is 15.4. The van der Waals surface area contributed by atoms with E-state index in [1.165, 1.54) is 18.7 Å². The van der Waals surface area contributed by atoms with Crippen LogP contribution in [0.3, 0.4) is 0 Å². The Bertz CT molecular complexity index is 719. The molecule has 5 unspecified atom stereocenters. The average molecular weight is 480 g/mol. The summed E-state index contributed by atoms with van der Waals surface area (Å²) in [5, 5.41) is 33.8. The lowest BCUT2D eigenvalue weighted by molar-refractivity contribution is -0.147. The van der Waals surface area contributed by atoms with E-state index in [9.17, 15) is 33.9 Å². The number of amides is 4. The van der Waals surface area contributed by atoms with Crippen LogP contribution in [0.25, 0.3) is 0 Å². The fourth-order valence-electron chi connectivity index (χ4n) is 2.32. The maximum Gasteiger partial charge on any atom is 0.326 e. The van der Waals surface area contributed by atoms with Crippen molar-refractivity contribution < 1.29 is 44.1 Å². The van der Waals surface area contributed by atoms with E-state index in [1.807, 2.05) is 5.32 Å². The van der Waals surface area contributed by atoms with E-state index >= 15 is 0 Å². The third kappa shape index (κ3) is 10.9. The lowest BCUT2D eigenvalue weighted by Gasteiger charge is -2.25. The number of rotatable bonds is 15. The van der Waals surface area contributed by atoms with Crippen LogP contribution in [0, 0.1) is 0 Å². The van der Waals surface area contributed by atoms with E-state index in [0.717, 1.165) is 0 Å². The van der Waals surface area contributed by atoms with Crippen LogP contribution >= 0.6 is 11.8 Å². The summed E-state index contributed by atoms with van der Waals surface area (Å²) in [6.07, 6.45) is -1.01. The molecule has 0 heterocycles. The van der Waals surface area contributed by atoms with Crippen molar-refractivity contribution in [3.05, 3.63) is 0 Å². The molecule has 4 amide bonds. The van der Waals surface area contributed by atoms with Crippen LogP contribution < -0.4 is 27.4 Å². The number of carbonyl (C=O) groups excluding carboxylic acids is 4. The predicted octanol–water partition coefficient (Wildman–Crippen LogP) is -3.66. The molecule has 0 aromatic carbocycles. The van der Waals surface area contributed by atoms with Crippen molar-refractivity contribution >= 4 is 47.3 Å². The summed E-state index contributed by atoms with van der Waals surface area (Å²) in [5.41, 5.74) is 10.6. The quantitative estimate of drug-likeness (QED) is 0.114. The van der Waals surface area contributed by atoms with Gasteiger partial charge in [-0.1, -0.05) is 0 Å². The Kier molecular flexibility index (Phi) is 12.9. The summed E-state index contributed by atoms with van der Waals surface area (Å²) in [4.78, 5) is 70.5. The van der Waals surface area contributed by atoms with Crippen LogP contribution in [-0.2, 0) is 28.8 Å². The van der Waals surface area contributed by atoms with Gasteiger partial charge in [-0.2, -0.15) is 11.8 Å². The van der Waals surface area contributed by atoms with Crippen molar-refractivity contribution in [3.8, 4) is 0 Å². The molecule has 0 aromatic heterocycles. The minimum atomic E-state index is -1.82. The molecular formula is C17H29N5O9S. The van der Waals surface area contributed by atoms with Crippen molar-refractivity contribution in [2.45, 2.75) is 56.5 Å². The second kappa shape index (κ2) is 14.2. The van der Waals surface area contributed by atoms with Gasteiger partial charge in [0.2, 0.25) is 23.6 Å². The van der Waals surface area contributed by atoms with Gasteiger partial charge in [-0.15, -0.1) is 0 Å². The van der Waals surface area contributed by atoms with Crippen molar-refractivity contribution in [3.63, 3.8) is 0 Å². The molecule has 0 rings (SSSR count). The standard InChI is InChI=1S/C17H29N5O9S/c1-7(23)13(19)16(29)20-8(3-4-32-2)14(27)21-9(5-11(18)24)15(28)22-10(17(30)31)6-12(25)26/h7-10,13,23H,3-6,19H2,1-2H3,(H2,18,24)(H,20,29)(H,21,27)(H,22,28)(H,25,26)(H,30,31). The molecule has 14 nitrogen and oxygen atoms in total. The monoisotopic (exact) mass is 479 g/mol. The fraction of sp³-hybridized carbons (Fsp3) is 0.647. The third-order valence-electron chi connectivity index (χ3n) is 4.10. The number of carboxylic acids is 2. The first-order chi connectivity index (χ1) is 14.8. The Labute approximate surface area is 187 Å². The number of primary amides is 1. The van der Waals surface area contributed by atoms with Gasteiger partial charge in [0.15, 0.2) is 0 Å². The van der Waals surface area contributed by atoms with E-state index in [-0.39, 0.29) is 6.42 Å². The summed E-state index contributed by atoms with van der Waals surface area (Å²) >= 11 is 1.36. The zero-order valence-corrected chi connectivity index (χ0v) is 18.4. The summed E-state index contributed by atoms with van der Waals surface area (Å²) in [6.45, 7) is 1.28. The maximum absolute atomic E-state index is 12.7. The molecular weight excluding hydrogens is 450 g/mol. The fourth-order valence-corrected chi connectivity index (χ4v) is 2.79. The molecule has 0 bridgehead atoms. The molecule has 0 aromatic rings. The molecule has 0 aliphatic heterocycles. The minimum Gasteiger partial charge on any atom is -0.481 e. The van der Waals surface area contributed by atoms with Crippen LogP contribution in [0.2, 0.25) is 0 Å². The first-order valence-electron chi connectivity index (χ1n) is 9.36. The van der Waals surface area contributed by atoms with Crippen molar-refractivity contribution in [2.24, 2.45) is 11.5 Å². The number of aliphatic hydroxyl groups excluding tert-OH is 1. The lowest BCUT2D eigenvalue weighted by atomic mass is 10.1. The van der Waals surface area contributed by atoms with Gasteiger partial charge in [-0.05, 0) is 25.4 Å². The number of carbonyl (C=O) groups is 6. The van der Waals surface area contributed by atoms with Crippen LogP contribution in [0.5, 0.6) is 0 Å². The highest BCUT2D eigenvalue weighted by molar-refractivity contribution is 7.98. The van der Waals surface area contributed by atoms with Gasteiger partial charge in [0, 0.05) is 0 Å². The maximum atomic E-state index is 12.7. The first-order valence-corrected chi connectivity index (χ1v) is 10.8. The molecule has 0 fully saturated rings. The van der Waals surface area contributed by atoms with Crippen LogP contribution in [-0.4, -0.2) is 93.2 Å². The number of aliphatic hydroxyl groups is 1. The minimum absolute atomic E-state index is 0.104. The van der Waals surface area contributed by atoms with Crippen LogP contribution in [0.1, 0.15) is 26.2 Å². The van der Waals surface area contributed by atoms with Gasteiger partial charge in [0.05, 0.1) is 18.9 Å². The number of aliphatic carboxylic acids is 2. The van der Waals surface area contributed by atoms with Gasteiger partial charge >= 0.3 is 11.9 Å². The molecule has 0 saturated heterocycles. The Hall–Kier alpha value is -2.91. The summed E-state index contributed by atoms with van der Waals surface area (Å²) in [5.74, 6) is -6.60. The smallest absolute Gasteiger partial charge is 0.326 e. The molecule has 10 N–H and O–H groups in total. The summed E-state index contributed by atoms with van der Waals surface area (Å²) in [7, 11) is 0. The van der Waals surface area contributed by atoms with Gasteiger partial charge < -0.3 is 42.7 Å². The van der Waals surface area contributed by atoms with Gasteiger partial charge in [-0.3, -0.25) is 24.0 Å². The van der Waals surface area contributed by atoms with Crippen molar-refractivity contribution in [2.75, 3.05) is 12.0 Å². The highest BCUT2D eigenvalue weighted by atomic mass is 32.2. The highest BCUT2D eigenvalue weighted by Gasteiger charge is 2.32. The number of nitrogens with one attached hydrogen (secondary N) is 3. The lowest BCUT2D eigenvalue weighted by Crippen LogP contribution is -2.58. The van der Waals surface area contributed by atoms with E-state index in [0.29, 0.717) is 5.75 Å². The number of carboxylic acid groups (broad SMARTS) is 2. The van der Waals surface area contributed by atoms with Gasteiger partial charge in [0.25, 0.3) is 0 Å². The van der Waals surface area contributed by atoms with E-state index in [2.05, 4.69) is 10.6 Å². The zero-order valence-electron chi connectivity index (χ0n) is 17.6. The van der Waals surface area contributed by atoms with E-state index < -0.39 is 78.7 Å². The van der Waals surface area contributed by atoms with Crippen molar-refractivity contribution in [1.29, 1.82) is 0 Å². The molecule has 5 atom stereocenters. The topological polar surface area (TPSA) is 251 Å². The van der Waals surface area contributed by atoms with Crippen LogP contribution in [0.15, 0.2) is 0 Å². The zero-order chi connectivity index (χ0) is 25.0. The van der Waals surface area contributed by atoms with Crippen LogP contribution in [0.4, 0.5) is 0 Å². The Morgan fingerprint density at radius 2 is 1.38 bits per heavy atom. The second-order valence-corrected chi connectivity index (χ2v) is 7.82. The molecule has 0 aliphatic rings. The van der Waals surface area contributed by atoms with E-state index in [4.69, 9.17) is 21.7 Å². The Morgan fingerprint density at radius 3 is 1.81 bits per heavy atom. The highest BCUT2D eigenvalue weighted by Crippen LogP contribution is 2.05. The van der Waals surface area contributed by atoms with E-state index in [1.54, 1.807) is 6.26 Å². The molecule has 0 spiro atoms. The Morgan fingerprint density at radius 1 is 0.875 bits per heavy atom. The number of hydrogen-bond donors (Lipinski definition) is 8.